The van der Waals surface area contributed by atoms with Crippen molar-refractivity contribution in [3.05, 3.63) is 0 Å². The van der Waals surface area contributed by atoms with Crippen LogP contribution in [-0.2, 0) is 4.79 Å². The number of hydrogen-bond donors (Lipinski definition) is 1. The molecule has 2 fully saturated rings. The summed E-state index contributed by atoms with van der Waals surface area (Å²) in [6.45, 7) is 3.00. The number of piperazine rings is 1. The van der Waals surface area contributed by atoms with Gasteiger partial charge in [-0.3, -0.25) is 14.6 Å². The van der Waals surface area contributed by atoms with Crippen LogP contribution in [0.1, 0.15) is 12.8 Å². The van der Waals surface area contributed by atoms with Gasteiger partial charge in [-0.1, -0.05) is 0 Å². The topological polar surface area (TPSA) is 47.0 Å². The number of carbonyl (C=O) groups is 1. The maximum absolute atomic E-state index is 12.5. The summed E-state index contributed by atoms with van der Waals surface area (Å²) in [5.74, 6) is -0.337. The Bertz CT molecular complexity index is 371. The number of aliphatic hydroxyl groups excluding tert-OH is 1. The second-order valence-electron chi connectivity index (χ2n) is 6.08. The number of halogens is 3. The zero-order chi connectivity index (χ0) is 16.2. The standard InChI is InChI=1S/C14H24F3N3O2/c15-14(16,17)11-19-3-1-2-12(10-19)13(22)20-6-4-18(5-7-20)8-9-21/h12,21H,1-11H2. The largest absolute Gasteiger partial charge is 0.401 e. The number of β-amino-alcohol motifs (C(OH)–C–C–N with tert-alkyl or cyclic N) is 1. The molecule has 0 bridgehead atoms. The predicted molar refractivity (Wildman–Crippen MR) is 75.3 cm³/mol. The summed E-state index contributed by atoms with van der Waals surface area (Å²) >= 11 is 0. The van der Waals surface area contributed by atoms with E-state index < -0.39 is 12.7 Å². The Hall–Kier alpha value is -0.860. The SMILES string of the molecule is O=C(C1CCCN(CC(F)(F)F)C1)N1CCN(CCO)CC1. The normalized spacial score (nSPS) is 25.5. The van der Waals surface area contributed by atoms with Gasteiger partial charge in [0.2, 0.25) is 5.91 Å². The number of rotatable bonds is 4. The Morgan fingerprint density at radius 3 is 2.36 bits per heavy atom. The Labute approximate surface area is 128 Å². The Morgan fingerprint density at radius 2 is 1.77 bits per heavy atom. The Kier molecular flexibility index (Phi) is 6.05. The Balaban J connectivity index is 1.82. The predicted octanol–water partition coefficient (Wildman–Crippen LogP) is 0.397. The van der Waals surface area contributed by atoms with Crippen LogP contribution in [0, 0.1) is 5.92 Å². The molecule has 0 aromatic rings. The average molecular weight is 323 g/mol. The highest BCUT2D eigenvalue weighted by molar-refractivity contribution is 5.79. The maximum atomic E-state index is 12.5. The molecule has 0 aliphatic carbocycles. The fourth-order valence-electron chi connectivity index (χ4n) is 3.25. The van der Waals surface area contributed by atoms with Crippen molar-refractivity contribution in [2.24, 2.45) is 5.92 Å². The third-order valence-corrected chi connectivity index (χ3v) is 4.36. The smallest absolute Gasteiger partial charge is 0.395 e. The number of likely N-dealkylation sites (tertiary alicyclic amines) is 1. The summed E-state index contributed by atoms with van der Waals surface area (Å²) in [4.78, 5) is 17.7. The number of nitrogens with zero attached hydrogens (tertiary/aromatic N) is 3. The summed E-state index contributed by atoms with van der Waals surface area (Å²) in [5, 5.41) is 8.90. The van der Waals surface area contributed by atoms with Gasteiger partial charge in [0.25, 0.3) is 0 Å². The van der Waals surface area contributed by atoms with Crippen LogP contribution in [0.5, 0.6) is 0 Å². The first-order chi connectivity index (χ1) is 10.4. The van der Waals surface area contributed by atoms with E-state index in [-0.39, 0.29) is 25.0 Å². The molecule has 1 atom stereocenters. The van der Waals surface area contributed by atoms with Gasteiger partial charge in [0, 0.05) is 39.3 Å². The number of piperidine rings is 1. The van der Waals surface area contributed by atoms with E-state index in [0.717, 1.165) is 0 Å². The van der Waals surface area contributed by atoms with Crippen LogP contribution in [0.3, 0.4) is 0 Å². The summed E-state index contributed by atoms with van der Waals surface area (Å²) < 4.78 is 37.4. The molecular weight excluding hydrogens is 299 g/mol. The van der Waals surface area contributed by atoms with E-state index in [0.29, 0.717) is 52.1 Å². The highest BCUT2D eigenvalue weighted by atomic mass is 19.4. The van der Waals surface area contributed by atoms with Crippen LogP contribution < -0.4 is 0 Å². The highest BCUT2D eigenvalue weighted by Gasteiger charge is 2.36. The van der Waals surface area contributed by atoms with E-state index in [1.165, 1.54) is 4.90 Å². The molecule has 2 heterocycles. The lowest BCUT2D eigenvalue weighted by molar-refractivity contribution is -0.155. The van der Waals surface area contributed by atoms with Crippen molar-refractivity contribution in [3.63, 3.8) is 0 Å². The van der Waals surface area contributed by atoms with Gasteiger partial charge in [0.1, 0.15) is 0 Å². The van der Waals surface area contributed by atoms with Crippen molar-refractivity contribution in [1.82, 2.24) is 14.7 Å². The van der Waals surface area contributed by atoms with Crippen LogP contribution in [0.25, 0.3) is 0 Å². The molecule has 0 radical (unpaired) electrons. The minimum atomic E-state index is -4.21. The molecule has 1 amide bonds. The monoisotopic (exact) mass is 323 g/mol. The zero-order valence-corrected chi connectivity index (χ0v) is 12.7. The van der Waals surface area contributed by atoms with E-state index in [1.54, 1.807) is 4.90 Å². The van der Waals surface area contributed by atoms with Gasteiger partial charge in [-0.25, -0.2) is 0 Å². The average Bonchev–Trinajstić information content (AvgIpc) is 2.46. The first kappa shape index (κ1) is 17.5. The van der Waals surface area contributed by atoms with Gasteiger partial charge in [-0.2, -0.15) is 13.2 Å². The molecule has 2 rings (SSSR count). The van der Waals surface area contributed by atoms with E-state index in [9.17, 15) is 18.0 Å². The minimum Gasteiger partial charge on any atom is -0.395 e. The van der Waals surface area contributed by atoms with Crippen molar-refractivity contribution >= 4 is 5.91 Å². The highest BCUT2D eigenvalue weighted by Crippen LogP contribution is 2.24. The van der Waals surface area contributed by atoms with Crippen LogP contribution in [0.15, 0.2) is 0 Å². The fraction of sp³-hybridized carbons (Fsp3) is 0.929. The summed E-state index contributed by atoms with van der Waals surface area (Å²) in [6.07, 6.45) is -2.90. The maximum Gasteiger partial charge on any atom is 0.401 e. The fourth-order valence-corrected chi connectivity index (χ4v) is 3.25. The van der Waals surface area contributed by atoms with E-state index in [2.05, 4.69) is 4.90 Å². The van der Waals surface area contributed by atoms with Crippen molar-refractivity contribution in [3.8, 4) is 0 Å². The lowest BCUT2D eigenvalue weighted by Gasteiger charge is -2.39. The minimum absolute atomic E-state index is 0.0180. The molecule has 0 aromatic carbocycles. The van der Waals surface area contributed by atoms with Gasteiger partial charge in [-0.05, 0) is 19.4 Å². The first-order valence-corrected chi connectivity index (χ1v) is 7.80. The number of aliphatic hydroxyl groups is 1. The van der Waals surface area contributed by atoms with Crippen LogP contribution in [-0.4, -0.2) is 90.9 Å². The van der Waals surface area contributed by atoms with Crippen LogP contribution in [0.4, 0.5) is 13.2 Å². The van der Waals surface area contributed by atoms with Gasteiger partial charge in [-0.15, -0.1) is 0 Å². The quantitative estimate of drug-likeness (QED) is 0.813. The third-order valence-electron chi connectivity index (χ3n) is 4.36. The van der Waals surface area contributed by atoms with Gasteiger partial charge < -0.3 is 10.0 Å². The molecule has 2 saturated heterocycles. The lowest BCUT2D eigenvalue weighted by Crippen LogP contribution is -2.53. The molecule has 0 aromatic heterocycles. The molecule has 5 nitrogen and oxygen atoms in total. The molecule has 1 unspecified atom stereocenters. The molecule has 2 aliphatic heterocycles. The molecular formula is C14H24F3N3O2. The second kappa shape index (κ2) is 7.61. The number of hydrogen-bond acceptors (Lipinski definition) is 4. The zero-order valence-electron chi connectivity index (χ0n) is 12.7. The van der Waals surface area contributed by atoms with Crippen LogP contribution in [0.2, 0.25) is 0 Å². The van der Waals surface area contributed by atoms with Crippen molar-refractivity contribution in [1.29, 1.82) is 0 Å². The van der Waals surface area contributed by atoms with Crippen LogP contribution >= 0.6 is 0 Å². The van der Waals surface area contributed by atoms with E-state index in [4.69, 9.17) is 5.11 Å². The molecule has 0 spiro atoms. The molecule has 128 valence electrons. The summed E-state index contributed by atoms with van der Waals surface area (Å²) in [6, 6.07) is 0. The van der Waals surface area contributed by atoms with Crippen molar-refractivity contribution in [2.45, 2.75) is 19.0 Å². The lowest BCUT2D eigenvalue weighted by atomic mass is 9.96. The molecule has 8 heteroatoms. The van der Waals surface area contributed by atoms with E-state index >= 15 is 0 Å². The number of alkyl halides is 3. The Morgan fingerprint density at radius 1 is 1.09 bits per heavy atom. The van der Waals surface area contributed by atoms with Gasteiger partial charge >= 0.3 is 6.18 Å². The number of amides is 1. The summed E-state index contributed by atoms with van der Waals surface area (Å²) in [7, 11) is 0. The molecule has 1 N–H and O–H groups in total. The molecule has 22 heavy (non-hydrogen) atoms. The van der Waals surface area contributed by atoms with E-state index in [1.807, 2.05) is 0 Å². The molecule has 2 aliphatic rings. The van der Waals surface area contributed by atoms with Crippen molar-refractivity contribution < 1.29 is 23.1 Å². The summed E-state index contributed by atoms with van der Waals surface area (Å²) in [5.41, 5.74) is 0. The molecule has 0 saturated carbocycles. The second-order valence-corrected chi connectivity index (χ2v) is 6.08. The number of carbonyl (C=O) groups excluding carboxylic acids is 1. The first-order valence-electron chi connectivity index (χ1n) is 7.80. The third kappa shape index (κ3) is 5.10. The van der Waals surface area contributed by atoms with Crippen molar-refractivity contribution in [2.75, 3.05) is 59.0 Å². The van der Waals surface area contributed by atoms with Gasteiger partial charge in [0.05, 0.1) is 19.1 Å². The van der Waals surface area contributed by atoms with Gasteiger partial charge in [0.15, 0.2) is 0 Å².